The van der Waals surface area contributed by atoms with Crippen LogP contribution >= 0.6 is 23.2 Å². The normalized spacial score (nSPS) is 11.9. The Hall–Kier alpha value is -1.71. The summed E-state index contributed by atoms with van der Waals surface area (Å²) in [5, 5.41) is 10.2. The molecule has 2 aromatic carbocycles. The fraction of sp³-hybridized carbons (Fsp3) is 0.133. The van der Waals surface area contributed by atoms with Gasteiger partial charge in [0.1, 0.15) is 18.3 Å². The zero-order valence-corrected chi connectivity index (χ0v) is 11.9. The van der Waals surface area contributed by atoms with Crippen LogP contribution in [-0.2, 0) is 4.79 Å². The van der Waals surface area contributed by atoms with E-state index in [1.54, 1.807) is 42.5 Å². The van der Waals surface area contributed by atoms with Crippen molar-refractivity contribution in [2.45, 2.75) is 5.92 Å². The first-order chi connectivity index (χ1) is 9.58. The SMILES string of the molecule is O=C(O)C(COc1cc(Cl)ccc1Cl)c1ccccc1. The van der Waals surface area contributed by atoms with Crippen molar-refractivity contribution in [3.63, 3.8) is 0 Å². The maximum atomic E-state index is 11.3. The largest absolute Gasteiger partial charge is 0.491 e. The van der Waals surface area contributed by atoms with Gasteiger partial charge in [-0.25, -0.2) is 0 Å². The third-order valence-electron chi connectivity index (χ3n) is 2.80. The second kappa shape index (κ2) is 6.64. The van der Waals surface area contributed by atoms with Crippen molar-refractivity contribution in [3.8, 4) is 5.75 Å². The van der Waals surface area contributed by atoms with Crippen molar-refractivity contribution in [2.24, 2.45) is 0 Å². The van der Waals surface area contributed by atoms with Crippen LogP contribution in [-0.4, -0.2) is 17.7 Å². The van der Waals surface area contributed by atoms with Gasteiger partial charge in [0.25, 0.3) is 0 Å². The average molecular weight is 311 g/mol. The summed E-state index contributed by atoms with van der Waals surface area (Å²) in [4.78, 5) is 11.3. The van der Waals surface area contributed by atoms with Crippen LogP contribution < -0.4 is 4.74 Å². The minimum atomic E-state index is -0.950. The standard InChI is InChI=1S/C15H12Cl2O3/c16-11-6-7-13(17)14(8-11)20-9-12(15(18)19)10-4-2-1-3-5-10/h1-8,12H,9H2,(H,18,19). The van der Waals surface area contributed by atoms with Crippen molar-refractivity contribution < 1.29 is 14.6 Å². The third kappa shape index (κ3) is 3.65. The van der Waals surface area contributed by atoms with Gasteiger partial charge in [-0.05, 0) is 17.7 Å². The molecule has 20 heavy (non-hydrogen) atoms. The van der Waals surface area contributed by atoms with Crippen LogP contribution in [0.2, 0.25) is 10.0 Å². The lowest BCUT2D eigenvalue weighted by atomic mass is 10.0. The van der Waals surface area contributed by atoms with Gasteiger partial charge in [-0.2, -0.15) is 0 Å². The molecule has 0 heterocycles. The van der Waals surface area contributed by atoms with Crippen molar-refractivity contribution in [1.29, 1.82) is 0 Å². The lowest BCUT2D eigenvalue weighted by Crippen LogP contribution is -2.19. The monoisotopic (exact) mass is 310 g/mol. The van der Waals surface area contributed by atoms with Crippen molar-refractivity contribution in [2.75, 3.05) is 6.61 Å². The van der Waals surface area contributed by atoms with Crippen LogP contribution in [0.15, 0.2) is 48.5 Å². The molecule has 2 aromatic rings. The molecule has 0 fully saturated rings. The average Bonchev–Trinajstić information content (AvgIpc) is 2.43. The number of rotatable bonds is 5. The fourth-order valence-corrected chi connectivity index (χ4v) is 2.09. The smallest absolute Gasteiger partial charge is 0.314 e. The Morgan fingerprint density at radius 3 is 2.50 bits per heavy atom. The molecule has 0 saturated carbocycles. The molecule has 0 aliphatic rings. The van der Waals surface area contributed by atoms with Gasteiger partial charge < -0.3 is 9.84 Å². The van der Waals surface area contributed by atoms with E-state index in [0.717, 1.165) is 0 Å². The first-order valence-corrected chi connectivity index (χ1v) is 6.69. The summed E-state index contributed by atoms with van der Waals surface area (Å²) in [6.07, 6.45) is 0. The summed E-state index contributed by atoms with van der Waals surface area (Å²) in [5.74, 6) is -1.33. The van der Waals surface area contributed by atoms with E-state index < -0.39 is 11.9 Å². The molecule has 3 nitrogen and oxygen atoms in total. The first-order valence-electron chi connectivity index (χ1n) is 5.93. The molecule has 1 atom stereocenters. The molecular weight excluding hydrogens is 299 g/mol. The van der Waals surface area contributed by atoms with E-state index in [0.29, 0.717) is 21.4 Å². The minimum Gasteiger partial charge on any atom is -0.491 e. The molecule has 0 aliphatic carbocycles. The predicted octanol–water partition coefficient (Wildman–Crippen LogP) is 4.24. The van der Waals surface area contributed by atoms with Crippen LogP contribution in [0.1, 0.15) is 11.5 Å². The number of carbonyl (C=O) groups is 1. The zero-order valence-electron chi connectivity index (χ0n) is 10.4. The quantitative estimate of drug-likeness (QED) is 0.898. The number of carboxylic acid groups (broad SMARTS) is 1. The summed E-state index contributed by atoms with van der Waals surface area (Å²) in [5.41, 5.74) is 0.679. The number of aliphatic carboxylic acids is 1. The molecule has 0 amide bonds. The molecule has 0 aromatic heterocycles. The lowest BCUT2D eigenvalue weighted by Gasteiger charge is -2.15. The number of carboxylic acids is 1. The summed E-state index contributed by atoms with van der Waals surface area (Å²) < 4.78 is 5.50. The Kier molecular flexibility index (Phi) is 4.88. The minimum absolute atomic E-state index is 0.0145. The van der Waals surface area contributed by atoms with Crippen molar-refractivity contribution in [3.05, 3.63) is 64.1 Å². The van der Waals surface area contributed by atoms with Crippen LogP contribution in [0.4, 0.5) is 0 Å². The van der Waals surface area contributed by atoms with E-state index in [1.807, 2.05) is 6.07 Å². The molecule has 0 spiro atoms. The number of benzene rings is 2. The highest BCUT2D eigenvalue weighted by atomic mass is 35.5. The first kappa shape index (κ1) is 14.7. The topological polar surface area (TPSA) is 46.5 Å². The molecule has 1 unspecified atom stereocenters. The second-order valence-corrected chi connectivity index (χ2v) is 5.03. The number of hydrogen-bond acceptors (Lipinski definition) is 2. The van der Waals surface area contributed by atoms with Gasteiger partial charge in [0.15, 0.2) is 0 Å². The molecule has 0 saturated heterocycles. The molecule has 0 radical (unpaired) electrons. The Balaban J connectivity index is 2.14. The summed E-state index contributed by atoms with van der Waals surface area (Å²) in [7, 11) is 0. The van der Waals surface area contributed by atoms with Crippen molar-refractivity contribution >= 4 is 29.2 Å². The van der Waals surface area contributed by atoms with E-state index >= 15 is 0 Å². The van der Waals surface area contributed by atoms with Crippen LogP contribution in [0.5, 0.6) is 5.75 Å². The van der Waals surface area contributed by atoms with Gasteiger partial charge in [-0.1, -0.05) is 53.5 Å². The highest BCUT2D eigenvalue weighted by molar-refractivity contribution is 6.34. The fourth-order valence-electron chi connectivity index (χ4n) is 1.76. The molecule has 104 valence electrons. The Morgan fingerprint density at radius 2 is 1.85 bits per heavy atom. The van der Waals surface area contributed by atoms with Gasteiger partial charge in [0, 0.05) is 11.1 Å². The van der Waals surface area contributed by atoms with Crippen molar-refractivity contribution in [1.82, 2.24) is 0 Å². The summed E-state index contributed by atoms with van der Waals surface area (Å²) in [6, 6.07) is 13.7. The van der Waals surface area contributed by atoms with Gasteiger partial charge >= 0.3 is 5.97 Å². The van der Waals surface area contributed by atoms with Gasteiger partial charge in [-0.3, -0.25) is 4.79 Å². The predicted molar refractivity (Wildman–Crippen MR) is 78.8 cm³/mol. The van der Waals surface area contributed by atoms with E-state index in [9.17, 15) is 9.90 Å². The van der Waals surface area contributed by atoms with Crippen LogP contribution in [0.25, 0.3) is 0 Å². The Bertz CT molecular complexity index is 599. The summed E-state index contributed by atoms with van der Waals surface area (Å²) >= 11 is 11.8. The third-order valence-corrected chi connectivity index (χ3v) is 3.35. The van der Waals surface area contributed by atoms with Crippen LogP contribution in [0.3, 0.4) is 0 Å². The van der Waals surface area contributed by atoms with Crippen LogP contribution in [0, 0.1) is 0 Å². The highest BCUT2D eigenvalue weighted by Crippen LogP contribution is 2.29. The molecular formula is C15H12Cl2O3. The zero-order chi connectivity index (χ0) is 14.5. The summed E-state index contributed by atoms with van der Waals surface area (Å²) in [6.45, 7) is -0.0145. The lowest BCUT2D eigenvalue weighted by molar-refractivity contribution is -0.139. The molecule has 0 bridgehead atoms. The maximum Gasteiger partial charge on any atom is 0.314 e. The Morgan fingerprint density at radius 1 is 1.15 bits per heavy atom. The van der Waals surface area contributed by atoms with Gasteiger partial charge in [-0.15, -0.1) is 0 Å². The maximum absolute atomic E-state index is 11.3. The molecule has 5 heteroatoms. The van der Waals surface area contributed by atoms with E-state index in [4.69, 9.17) is 27.9 Å². The number of hydrogen-bond donors (Lipinski definition) is 1. The highest BCUT2D eigenvalue weighted by Gasteiger charge is 2.21. The van der Waals surface area contributed by atoms with Gasteiger partial charge in [0.2, 0.25) is 0 Å². The number of halogens is 2. The van der Waals surface area contributed by atoms with E-state index in [1.165, 1.54) is 0 Å². The molecule has 1 N–H and O–H groups in total. The number of ether oxygens (including phenoxy) is 1. The Labute approximate surface area is 126 Å². The second-order valence-electron chi connectivity index (χ2n) is 4.19. The van der Waals surface area contributed by atoms with E-state index in [2.05, 4.69) is 0 Å². The van der Waals surface area contributed by atoms with Gasteiger partial charge in [0.05, 0.1) is 5.02 Å². The molecule has 2 rings (SSSR count). The van der Waals surface area contributed by atoms with E-state index in [-0.39, 0.29) is 6.61 Å². The molecule has 0 aliphatic heterocycles.